The van der Waals surface area contributed by atoms with Crippen molar-refractivity contribution in [2.75, 3.05) is 11.3 Å². The zero-order chi connectivity index (χ0) is 16.2. The van der Waals surface area contributed by atoms with Crippen molar-refractivity contribution in [2.24, 2.45) is 5.73 Å². The van der Waals surface area contributed by atoms with Gasteiger partial charge in [-0.15, -0.1) is 11.3 Å². The van der Waals surface area contributed by atoms with E-state index in [9.17, 15) is 18.0 Å². The molecule has 0 aliphatic rings. The van der Waals surface area contributed by atoms with Gasteiger partial charge in [-0.3, -0.25) is 14.3 Å². The van der Waals surface area contributed by atoms with Crippen LogP contribution in [0.2, 0.25) is 0 Å². The van der Waals surface area contributed by atoms with Crippen molar-refractivity contribution in [1.82, 2.24) is 10.3 Å². The summed E-state index contributed by atoms with van der Waals surface area (Å²) in [6, 6.07) is 7.77. The number of aromatic nitrogens is 1. The number of anilines is 1. The number of nitrogens with zero attached hydrogens (tertiary/aromatic N) is 1. The number of thiazole rings is 1. The maximum absolute atomic E-state index is 12.1. The molecule has 1 heterocycles. The number of rotatable bonds is 6. The number of amides is 2. The molecule has 0 spiro atoms. The second-order valence-corrected chi connectivity index (χ2v) is 6.65. The predicted octanol–water partition coefficient (Wildman–Crippen LogP) is 0.159. The minimum absolute atomic E-state index is 0.00277. The van der Waals surface area contributed by atoms with Crippen molar-refractivity contribution in [3.8, 4) is 0 Å². The minimum Gasteiger partial charge on any atom is -0.368 e. The molecule has 1 aromatic heterocycles. The van der Waals surface area contributed by atoms with Gasteiger partial charge in [0.05, 0.1) is 11.4 Å². The first-order valence-electron chi connectivity index (χ1n) is 5.98. The van der Waals surface area contributed by atoms with Crippen LogP contribution in [0.15, 0.2) is 40.6 Å². The third-order valence-corrected chi connectivity index (χ3v) is 4.68. The average Bonchev–Trinajstić information content (AvgIpc) is 2.93. The quantitative estimate of drug-likeness (QED) is 0.689. The largest absolute Gasteiger partial charge is 0.368 e. The number of hydrogen-bond acceptors (Lipinski definition) is 6. The summed E-state index contributed by atoms with van der Waals surface area (Å²) >= 11 is 0.955. The monoisotopic (exact) mass is 340 g/mol. The van der Waals surface area contributed by atoms with Crippen LogP contribution in [0.5, 0.6) is 0 Å². The number of nitrogens with one attached hydrogen (secondary N) is 2. The molecule has 0 atom stereocenters. The summed E-state index contributed by atoms with van der Waals surface area (Å²) in [4.78, 5) is 26.2. The number of benzene rings is 1. The molecule has 0 bridgehead atoms. The molecule has 0 unspecified atom stereocenters. The highest BCUT2D eigenvalue weighted by molar-refractivity contribution is 7.93. The second-order valence-electron chi connectivity index (χ2n) is 4.11. The Balaban J connectivity index is 2.09. The fourth-order valence-corrected chi connectivity index (χ4v) is 3.42. The first-order valence-corrected chi connectivity index (χ1v) is 8.34. The van der Waals surface area contributed by atoms with E-state index in [1.165, 1.54) is 17.5 Å². The van der Waals surface area contributed by atoms with Crippen LogP contribution in [-0.4, -0.2) is 31.8 Å². The zero-order valence-electron chi connectivity index (χ0n) is 11.1. The number of hydrogen-bond donors (Lipinski definition) is 3. The van der Waals surface area contributed by atoms with Crippen LogP contribution in [0.25, 0.3) is 0 Å². The molecule has 10 heteroatoms. The Morgan fingerprint density at radius 3 is 2.55 bits per heavy atom. The van der Waals surface area contributed by atoms with Crippen LogP contribution < -0.4 is 15.8 Å². The lowest BCUT2D eigenvalue weighted by Crippen LogP contribution is -2.33. The molecular weight excluding hydrogens is 328 g/mol. The maximum Gasteiger partial charge on any atom is 0.271 e. The van der Waals surface area contributed by atoms with Crippen LogP contribution in [0.1, 0.15) is 10.5 Å². The van der Waals surface area contributed by atoms with E-state index in [0.29, 0.717) is 0 Å². The van der Waals surface area contributed by atoms with Crippen LogP contribution in [0.3, 0.4) is 0 Å². The highest BCUT2D eigenvalue weighted by Crippen LogP contribution is 2.19. The highest BCUT2D eigenvalue weighted by Gasteiger charge is 2.17. The molecule has 1 aromatic carbocycles. The Kier molecular flexibility index (Phi) is 4.73. The number of carbonyl (C=O) groups excluding carboxylic acids is 2. The van der Waals surface area contributed by atoms with Gasteiger partial charge < -0.3 is 11.1 Å². The predicted molar refractivity (Wildman–Crippen MR) is 80.9 cm³/mol. The summed E-state index contributed by atoms with van der Waals surface area (Å²) in [5, 5.41) is 3.68. The van der Waals surface area contributed by atoms with Crippen LogP contribution in [0, 0.1) is 0 Å². The van der Waals surface area contributed by atoms with E-state index in [1.54, 1.807) is 18.2 Å². The van der Waals surface area contributed by atoms with E-state index in [-0.39, 0.29) is 22.3 Å². The van der Waals surface area contributed by atoms with Crippen molar-refractivity contribution in [3.05, 3.63) is 41.4 Å². The number of nitrogens with two attached hydrogens (primary N) is 1. The molecule has 0 saturated heterocycles. The molecule has 116 valence electrons. The van der Waals surface area contributed by atoms with Gasteiger partial charge in [-0.1, -0.05) is 18.2 Å². The van der Waals surface area contributed by atoms with Crippen LogP contribution in [0.4, 0.5) is 5.13 Å². The lowest BCUT2D eigenvalue weighted by molar-refractivity contribution is -0.117. The molecule has 0 aliphatic carbocycles. The Labute approximate surface area is 130 Å². The van der Waals surface area contributed by atoms with Crippen molar-refractivity contribution < 1.29 is 18.0 Å². The second kappa shape index (κ2) is 6.54. The number of carbonyl (C=O) groups is 2. The third-order valence-electron chi connectivity index (χ3n) is 2.44. The summed E-state index contributed by atoms with van der Waals surface area (Å²) in [6.45, 7) is -0.318. The van der Waals surface area contributed by atoms with Crippen molar-refractivity contribution in [3.63, 3.8) is 0 Å². The van der Waals surface area contributed by atoms with E-state index in [4.69, 9.17) is 5.73 Å². The molecule has 8 nitrogen and oxygen atoms in total. The molecule has 2 amide bonds. The van der Waals surface area contributed by atoms with Gasteiger partial charge >= 0.3 is 0 Å². The Morgan fingerprint density at radius 2 is 1.91 bits per heavy atom. The van der Waals surface area contributed by atoms with Gasteiger partial charge in [-0.2, -0.15) is 0 Å². The van der Waals surface area contributed by atoms with E-state index in [0.717, 1.165) is 11.3 Å². The van der Waals surface area contributed by atoms with Gasteiger partial charge in [0.1, 0.15) is 5.69 Å². The Morgan fingerprint density at radius 1 is 1.23 bits per heavy atom. The van der Waals surface area contributed by atoms with E-state index >= 15 is 0 Å². The lowest BCUT2D eigenvalue weighted by Gasteiger charge is -2.04. The molecule has 0 radical (unpaired) electrons. The first kappa shape index (κ1) is 15.9. The van der Waals surface area contributed by atoms with Crippen LogP contribution >= 0.6 is 11.3 Å². The topological polar surface area (TPSA) is 131 Å². The summed E-state index contributed by atoms with van der Waals surface area (Å²) in [6.07, 6.45) is 0. The maximum atomic E-state index is 12.1. The Bertz CT molecular complexity index is 786. The highest BCUT2D eigenvalue weighted by atomic mass is 32.2. The number of sulfonamides is 1. The SMILES string of the molecule is NC(=O)CNC(=O)c1csc(NS(=O)(=O)c2ccccc2)n1. The standard InChI is InChI=1S/C12H12N4O4S2/c13-10(17)6-14-11(18)9-7-21-12(15-9)16-22(19,20)8-4-2-1-3-5-8/h1-5,7H,6H2,(H2,13,17)(H,14,18)(H,15,16). The van der Waals surface area contributed by atoms with Gasteiger partial charge in [-0.05, 0) is 12.1 Å². The molecule has 0 aliphatic heterocycles. The fraction of sp³-hybridized carbons (Fsp3) is 0.0833. The van der Waals surface area contributed by atoms with Crippen molar-refractivity contribution in [1.29, 1.82) is 0 Å². The summed E-state index contributed by atoms with van der Waals surface area (Å²) in [5.74, 6) is -1.30. The van der Waals surface area contributed by atoms with Gasteiger partial charge in [0.2, 0.25) is 5.91 Å². The van der Waals surface area contributed by atoms with Gasteiger partial charge in [0, 0.05) is 5.38 Å². The van der Waals surface area contributed by atoms with E-state index in [1.807, 2.05) is 0 Å². The third kappa shape index (κ3) is 4.02. The Hall–Kier alpha value is -2.46. The molecule has 22 heavy (non-hydrogen) atoms. The number of primary amides is 1. The molecule has 0 fully saturated rings. The summed E-state index contributed by atoms with van der Waals surface area (Å²) in [7, 11) is -3.76. The minimum atomic E-state index is -3.76. The summed E-state index contributed by atoms with van der Waals surface area (Å²) in [5.41, 5.74) is 4.91. The van der Waals surface area contributed by atoms with E-state index in [2.05, 4.69) is 15.0 Å². The average molecular weight is 340 g/mol. The molecule has 2 aromatic rings. The molecule has 2 rings (SSSR count). The van der Waals surface area contributed by atoms with Crippen molar-refractivity contribution >= 4 is 38.3 Å². The van der Waals surface area contributed by atoms with Gasteiger partial charge in [0.25, 0.3) is 15.9 Å². The first-order chi connectivity index (χ1) is 10.4. The van der Waals surface area contributed by atoms with Gasteiger partial charge in [-0.25, -0.2) is 13.4 Å². The normalized spacial score (nSPS) is 10.9. The van der Waals surface area contributed by atoms with E-state index < -0.39 is 21.8 Å². The van der Waals surface area contributed by atoms with Crippen molar-refractivity contribution in [2.45, 2.75) is 4.90 Å². The lowest BCUT2D eigenvalue weighted by atomic mass is 10.4. The molecule has 4 N–H and O–H groups in total. The van der Waals surface area contributed by atoms with Gasteiger partial charge in [0.15, 0.2) is 5.13 Å². The summed E-state index contributed by atoms with van der Waals surface area (Å²) < 4.78 is 26.5. The zero-order valence-corrected chi connectivity index (χ0v) is 12.8. The molecule has 0 saturated carbocycles. The fourth-order valence-electron chi connectivity index (χ4n) is 1.46. The van der Waals surface area contributed by atoms with Crippen LogP contribution in [-0.2, 0) is 14.8 Å². The molecular formula is C12H12N4O4S2. The smallest absolute Gasteiger partial charge is 0.271 e.